The first kappa shape index (κ1) is 20.9. The molecule has 0 spiro atoms. The fraction of sp³-hybridized carbons (Fsp3) is 0.688. The standard InChI is InChI=1S/C16H25N5O.2ClH/c1-12-18-14(9-15(19-12)20-6-2-3-7-20)13-5-4-8-21(11-13)16(22)10-17;;/h9,13H,2-8,10-11,17H2,1H3;2*1H. The summed E-state index contributed by atoms with van der Waals surface area (Å²) < 4.78 is 0. The third kappa shape index (κ3) is 4.71. The number of hydrogen-bond acceptors (Lipinski definition) is 5. The van der Waals surface area contributed by atoms with E-state index in [2.05, 4.69) is 20.9 Å². The lowest BCUT2D eigenvalue weighted by Gasteiger charge is -2.32. The fourth-order valence-corrected chi connectivity index (χ4v) is 3.47. The van der Waals surface area contributed by atoms with Gasteiger partial charge in [0.2, 0.25) is 5.91 Å². The van der Waals surface area contributed by atoms with Crippen LogP contribution in [-0.2, 0) is 4.79 Å². The summed E-state index contributed by atoms with van der Waals surface area (Å²) in [7, 11) is 0. The quantitative estimate of drug-likeness (QED) is 0.872. The van der Waals surface area contributed by atoms with Crippen LogP contribution in [0.1, 0.15) is 43.1 Å². The van der Waals surface area contributed by atoms with Gasteiger partial charge < -0.3 is 15.5 Å². The molecular weight excluding hydrogens is 349 g/mol. The summed E-state index contributed by atoms with van der Waals surface area (Å²) in [6, 6.07) is 2.12. The Hall–Kier alpha value is -1.11. The number of nitrogens with two attached hydrogens (primary N) is 1. The Balaban J connectivity index is 0.00000144. The predicted octanol–water partition coefficient (Wildman–Crippen LogP) is 1.89. The van der Waals surface area contributed by atoms with E-state index >= 15 is 0 Å². The molecule has 2 saturated heterocycles. The average molecular weight is 376 g/mol. The van der Waals surface area contributed by atoms with Crippen molar-refractivity contribution in [1.29, 1.82) is 0 Å². The fourth-order valence-electron chi connectivity index (χ4n) is 3.47. The molecule has 1 unspecified atom stereocenters. The van der Waals surface area contributed by atoms with Crippen LogP contribution in [0.15, 0.2) is 6.07 Å². The second kappa shape index (κ2) is 9.39. The van der Waals surface area contributed by atoms with Crippen molar-refractivity contribution in [2.24, 2.45) is 5.73 Å². The second-order valence-corrected chi connectivity index (χ2v) is 6.28. The molecule has 3 heterocycles. The van der Waals surface area contributed by atoms with E-state index < -0.39 is 0 Å². The number of aromatic nitrogens is 2. The van der Waals surface area contributed by atoms with Crippen LogP contribution in [0.3, 0.4) is 0 Å². The normalized spacial score (nSPS) is 20.3. The summed E-state index contributed by atoms with van der Waals surface area (Å²) in [5, 5.41) is 0. The molecule has 0 aromatic carbocycles. The maximum Gasteiger partial charge on any atom is 0.236 e. The molecule has 8 heteroatoms. The van der Waals surface area contributed by atoms with E-state index in [1.165, 1.54) is 12.8 Å². The lowest BCUT2D eigenvalue weighted by atomic mass is 9.94. The Morgan fingerprint density at radius 2 is 1.92 bits per heavy atom. The summed E-state index contributed by atoms with van der Waals surface area (Å²) in [4.78, 5) is 25.3. The molecule has 0 radical (unpaired) electrons. The highest BCUT2D eigenvalue weighted by atomic mass is 35.5. The molecule has 2 fully saturated rings. The van der Waals surface area contributed by atoms with Crippen molar-refractivity contribution in [3.63, 3.8) is 0 Å². The Morgan fingerprint density at radius 1 is 1.21 bits per heavy atom. The van der Waals surface area contributed by atoms with E-state index in [4.69, 9.17) is 5.73 Å². The molecule has 136 valence electrons. The third-order valence-corrected chi connectivity index (χ3v) is 4.64. The van der Waals surface area contributed by atoms with Crippen LogP contribution in [0.25, 0.3) is 0 Å². The number of rotatable bonds is 3. The van der Waals surface area contributed by atoms with Gasteiger partial charge in [-0.3, -0.25) is 4.79 Å². The van der Waals surface area contributed by atoms with Crippen LogP contribution in [0, 0.1) is 6.92 Å². The third-order valence-electron chi connectivity index (χ3n) is 4.64. The zero-order chi connectivity index (χ0) is 15.5. The second-order valence-electron chi connectivity index (χ2n) is 6.28. The van der Waals surface area contributed by atoms with Crippen LogP contribution in [0.2, 0.25) is 0 Å². The first-order valence-corrected chi connectivity index (χ1v) is 8.25. The highest BCUT2D eigenvalue weighted by Gasteiger charge is 2.26. The van der Waals surface area contributed by atoms with Crippen molar-refractivity contribution in [2.45, 2.75) is 38.5 Å². The van der Waals surface area contributed by atoms with Gasteiger partial charge in [0.1, 0.15) is 11.6 Å². The van der Waals surface area contributed by atoms with E-state index in [1.54, 1.807) is 0 Å². The van der Waals surface area contributed by atoms with E-state index in [-0.39, 0.29) is 37.3 Å². The predicted molar refractivity (Wildman–Crippen MR) is 100 cm³/mol. The molecule has 2 aliphatic rings. The Morgan fingerprint density at radius 3 is 2.58 bits per heavy atom. The van der Waals surface area contributed by atoms with E-state index in [0.717, 1.165) is 56.4 Å². The number of hydrogen-bond donors (Lipinski definition) is 1. The van der Waals surface area contributed by atoms with Crippen LogP contribution in [0.4, 0.5) is 5.82 Å². The van der Waals surface area contributed by atoms with Crippen molar-refractivity contribution in [3.05, 3.63) is 17.6 Å². The first-order valence-electron chi connectivity index (χ1n) is 8.25. The zero-order valence-corrected chi connectivity index (χ0v) is 15.7. The number of amides is 1. The summed E-state index contributed by atoms with van der Waals surface area (Å²) in [5.41, 5.74) is 6.57. The van der Waals surface area contributed by atoms with Gasteiger partial charge in [-0.25, -0.2) is 9.97 Å². The minimum absolute atomic E-state index is 0. The minimum Gasteiger partial charge on any atom is -0.357 e. The van der Waals surface area contributed by atoms with Gasteiger partial charge >= 0.3 is 0 Å². The number of anilines is 1. The highest BCUT2D eigenvalue weighted by molar-refractivity contribution is 5.85. The minimum atomic E-state index is 0. The highest BCUT2D eigenvalue weighted by Crippen LogP contribution is 2.28. The number of carbonyl (C=O) groups is 1. The molecule has 3 rings (SSSR count). The van der Waals surface area contributed by atoms with Gasteiger partial charge in [-0.2, -0.15) is 0 Å². The molecule has 1 aromatic rings. The van der Waals surface area contributed by atoms with Gasteiger partial charge in [-0.05, 0) is 32.6 Å². The molecule has 2 N–H and O–H groups in total. The molecule has 6 nitrogen and oxygen atoms in total. The van der Waals surface area contributed by atoms with Crippen LogP contribution < -0.4 is 10.6 Å². The van der Waals surface area contributed by atoms with Gasteiger partial charge in [-0.1, -0.05) is 0 Å². The van der Waals surface area contributed by atoms with Crippen molar-refractivity contribution < 1.29 is 4.79 Å². The van der Waals surface area contributed by atoms with Gasteiger partial charge in [-0.15, -0.1) is 24.8 Å². The maximum atomic E-state index is 11.8. The number of likely N-dealkylation sites (tertiary alicyclic amines) is 1. The summed E-state index contributed by atoms with van der Waals surface area (Å²) in [6.07, 6.45) is 4.56. The number of aryl methyl sites for hydroxylation is 1. The van der Waals surface area contributed by atoms with E-state index in [9.17, 15) is 4.79 Å². The topological polar surface area (TPSA) is 75.3 Å². The zero-order valence-electron chi connectivity index (χ0n) is 14.1. The van der Waals surface area contributed by atoms with Crippen molar-refractivity contribution in [1.82, 2.24) is 14.9 Å². The SMILES string of the molecule is Cc1nc(C2CCCN(C(=O)CN)C2)cc(N2CCCC2)n1.Cl.Cl. The van der Waals surface area contributed by atoms with Crippen LogP contribution >= 0.6 is 24.8 Å². The van der Waals surface area contributed by atoms with Crippen molar-refractivity contribution >= 4 is 36.5 Å². The smallest absolute Gasteiger partial charge is 0.236 e. The molecule has 2 aliphatic heterocycles. The summed E-state index contributed by atoms with van der Waals surface area (Å²) >= 11 is 0. The van der Waals surface area contributed by atoms with Crippen molar-refractivity contribution in [2.75, 3.05) is 37.6 Å². The molecule has 24 heavy (non-hydrogen) atoms. The number of carbonyl (C=O) groups excluding carboxylic acids is 1. The maximum absolute atomic E-state index is 11.8. The van der Waals surface area contributed by atoms with Crippen LogP contribution in [0.5, 0.6) is 0 Å². The lowest BCUT2D eigenvalue weighted by molar-refractivity contribution is -0.130. The van der Waals surface area contributed by atoms with Gasteiger partial charge in [0.15, 0.2) is 0 Å². The monoisotopic (exact) mass is 375 g/mol. The van der Waals surface area contributed by atoms with Gasteiger partial charge in [0.05, 0.1) is 12.2 Å². The number of halogens is 2. The van der Waals surface area contributed by atoms with Crippen molar-refractivity contribution in [3.8, 4) is 0 Å². The summed E-state index contributed by atoms with van der Waals surface area (Å²) in [6.45, 7) is 5.75. The Labute approximate surface area is 156 Å². The molecule has 0 saturated carbocycles. The van der Waals surface area contributed by atoms with Gasteiger partial charge in [0.25, 0.3) is 0 Å². The Bertz CT molecular complexity index is 551. The van der Waals surface area contributed by atoms with E-state index in [0.29, 0.717) is 5.92 Å². The molecule has 1 amide bonds. The molecule has 0 bridgehead atoms. The van der Waals surface area contributed by atoms with Crippen LogP contribution in [-0.4, -0.2) is 53.5 Å². The molecular formula is C16H27Cl2N5O. The molecule has 1 atom stereocenters. The van der Waals surface area contributed by atoms with Gasteiger partial charge in [0, 0.05) is 38.2 Å². The lowest BCUT2D eigenvalue weighted by Crippen LogP contribution is -2.42. The largest absolute Gasteiger partial charge is 0.357 e. The van der Waals surface area contributed by atoms with E-state index in [1.807, 2.05) is 11.8 Å². The Kier molecular flexibility index (Phi) is 8.19. The molecule has 1 aromatic heterocycles. The average Bonchev–Trinajstić information content (AvgIpc) is 3.08. The number of piperidine rings is 1. The summed E-state index contributed by atoms with van der Waals surface area (Å²) in [5.74, 6) is 2.20. The number of nitrogens with zero attached hydrogens (tertiary/aromatic N) is 4. The first-order chi connectivity index (χ1) is 10.7. The molecule has 0 aliphatic carbocycles.